The fraction of sp³-hybridized carbons (Fsp3) is 0.611. The SMILES string of the molecule is NC(=O)C[C@H]1CCc2sc3ncnc(OC4CCC(N)CC4)c3c2C1. The van der Waals surface area contributed by atoms with Crippen LogP contribution in [0, 0.1) is 5.92 Å². The molecule has 0 bridgehead atoms. The molecule has 2 aromatic rings. The summed E-state index contributed by atoms with van der Waals surface area (Å²) in [5.74, 6) is 0.783. The normalized spacial score (nSPS) is 26.4. The van der Waals surface area contributed by atoms with E-state index in [1.165, 1.54) is 10.4 Å². The number of amides is 1. The van der Waals surface area contributed by atoms with E-state index in [-0.39, 0.29) is 12.0 Å². The van der Waals surface area contributed by atoms with E-state index in [0.717, 1.165) is 55.2 Å². The van der Waals surface area contributed by atoms with Crippen LogP contribution in [0.3, 0.4) is 0 Å². The molecule has 1 fully saturated rings. The maximum absolute atomic E-state index is 11.3. The number of hydrogen-bond donors (Lipinski definition) is 2. The summed E-state index contributed by atoms with van der Waals surface area (Å²) in [5, 5.41) is 1.05. The summed E-state index contributed by atoms with van der Waals surface area (Å²) in [5.41, 5.74) is 12.7. The molecule has 1 saturated carbocycles. The summed E-state index contributed by atoms with van der Waals surface area (Å²) in [6.45, 7) is 0. The van der Waals surface area contributed by atoms with Crippen LogP contribution in [0.4, 0.5) is 0 Å². The van der Waals surface area contributed by atoms with Gasteiger partial charge in [-0.3, -0.25) is 4.79 Å². The molecule has 134 valence electrons. The highest BCUT2D eigenvalue weighted by molar-refractivity contribution is 7.18. The van der Waals surface area contributed by atoms with Crippen molar-refractivity contribution in [1.82, 2.24) is 9.97 Å². The van der Waals surface area contributed by atoms with Crippen LogP contribution in [-0.2, 0) is 17.6 Å². The standard InChI is InChI=1S/C18H24N4O2S/c19-11-2-4-12(5-3-11)24-17-16-13-7-10(8-15(20)23)1-6-14(13)25-18(16)22-9-21-17/h9-12H,1-8,19H2,(H2,20,23)/t10-,11?,12?/m0/s1. The Morgan fingerprint density at radius 1 is 1.24 bits per heavy atom. The predicted molar refractivity (Wildman–Crippen MR) is 97.6 cm³/mol. The molecule has 2 aliphatic rings. The van der Waals surface area contributed by atoms with Gasteiger partial charge in [0.15, 0.2) is 0 Å². The molecule has 1 atom stereocenters. The van der Waals surface area contributed by atoms with Gasteiger partial charge >= 0.3 is 0 Å². The number of carbonyl (C=O) groups is 1. The fourth-order valence-electron chi connectivity index (χ4n) is 4.06. The highest BCUT2D eigenvalue weighted by atomic mass is 32.1. The molecular formula is C18H24N4O2S. The van der Waals surface area contributed by atoms with Gasteiger partial charge in [-0.1, -0.05) is 0 Å². The van der Waals surface area contributed by atoms with Gasteiger partial charge < -0.3 is 16.2 Å². The van der Waals surface area contributed by atoms with Crippen LogP contribution in [0.2, 0.25) is 0 Å². The minimum absolute atomic E-state index is 0.179. The summed E-state index contributed by atoms with van der Waals surface area (Å²) >= 11 is 1.73. The van der Waals surface area contributed by atoms with Crippen molar-refractivity contribution in [1.29, 1.82) is 0 Å². The van der Waals surface area contributed by atoms with E-state index in [1.807, 2.05) is 0 Å². The number of nitrogens with zero attached hydrogens (tertiary/aromatic N) is 2. The minimum atomic E-state index is -0.223. The molecule has 0 saturated heterocycles. The first-order chi connectivity index (χ1) is 12.1. The van der Waals surface area contributed by atoms with Crippen molar-refractivity contribution in [2.45, 2.75) is 63.5 Å². The van der Waals surface area contributed by atoms with Gasteiger partial charge in [-0.15, -0.1) is 11.3 Å². The molecule has 1 amide bonds. The van der Waals surface area contributed by atoms with Gasteiger partial charge in [0.25, 0.3) is 0 Å². The maximum atomic E-state index is 11.3. The average Bonchev–Trinajstić information content (AvgIpc) is 2.95. The number of ether oxygens (including phenoxy) is 1. The molecule has 0 radical (unpaired) electrons. The van der Waals surface area contributed by atoms with E-state index in [1.54, 1.807) is 17.7 Å². The number of aromatic nitrogens is 2. The Hall–Kier alpha value is -1.73. The average molecular weight is 360 g/mol. The highest BCUT2D eigenvalue weighted by Crippen LogP contribution is 2.41. The first-order valence-electron chi connectivity index (χ1n) is 9.06. The van der Waals surface area contributed by atoms with Crippen molar-refractivity contribution in [3.63, 3.8) is 0 Å². The summed E-state index contributed by atoms with van der Waals surface area (Å²) in [7, 11) is 0. The number of hydrogen-bond acceptors (Lipinski definition) is 6. The summed E-state index contributed by atoms with van der Waals surface area (Å²) in [4.78, 5) is 22.5. The smallest absolute Gasteiger partial charge is 0.225 e. The van der Waals surface area contributed by atoms with E-state index in [4.69, 9.17) is 16.2 Å². The van der Waals surface area contributed by atoms with Crippen LogP contribution in [0.5, 0.6) is 5.88 Å². The monoisotopic (exact) mass is 360 g/mol. The summed E-state index contributed by atoms with van der Waals surface area (Å²) in [6, 6.07) is 0.300. The quantitative estimate of drug-likeness (QED) is 0.871. The molecule has 4 rings (SSSR count). The van der Waals surface area contributed by atoms with Crippen molar-refractivity contribution in [3.05, 3.63) is 16.8 Å². The zero-order chi connectivity index (χ0) is 17.4. The maximum Gasteiger partial charge on any atom is 0.225 e. The van der Waals surface area contributed by atoms with E-state index >= 15 is 0 Å². The fourth-order valence-corrected chi connectivity index (χ4v) is 5.24. The van der Waals surface area contributed by atoms with Gasteiger partial charge in [-0.25, -0.2) is 9.97 Å². The largest absolute Gasteiger partial charge is 0.474 e. The van der Waals surface area contributed by atoms with Gasteiger partial charge in [0.05, 0.1) is 5.39 Å². The third-order valence-electron chi connectivity index (χ3n) is 5.40. The topological polar surface area (TPSA) is 104 Å². The van der Waals surface area contributed by atoms with Crippen LogP contribution in [0.1, 0.15) is 49.0 Å². The Morgan fingerprint density at radius 3 is 2.80 bits per heavy atom. The number of thiophene rings is 1. The Labute approximate surface area is 151 Å². The second-order valence-electron chi connectivity index (χ2n) is 7.30. The highest BCUT2D eigenvalue weighted by Gasteiger charge is 2.28. The predicted octanol–water partition coefficient (Wildman–Crippen LogP) is 2.32. The molecule has 2 aromatic heterocycles. The number of rotatable bonds is 4. The molecule has 2 aliphatic carbocycles. The van der Waals surface area contributed by atoms with Gasteiger partial charge in [0, 0.05) is 17.3 Å². The lowest BCUT2D eigenvalue weighted by atomic mass is 9.85. The number of fused-ring (bicyclic) bond motifs is 3. The second-order valence-corrected chi connectivity index (χ2v) is 8.38. The Morgan fingerprint density at radius 2 is 2.04 bits per heavy atom. The summed E-state index contributed by atoms with van der Waals surface area (Å²) < 4.78 is 6.27. The van der Waals surface area contributed by atoms with E-state index in [9.17, 15) is 4.79 Å². The van der Waals surface area contributed by atoms with E-state index < -0.39 is 0 Å². The summed E-state index contributed by atoms with van der Waals surface area (Å²) in [6.07, 6.45) is 9.01. The third kappa shape index (κ3) is 3.48. The first kappa shape index (κ1) is 16.7. The lowest BCUT2D eigenvalue weighted by Gasteiger charge is -2.27. The van der Waals surface area contributed by atoms with Crippen LogP contribution in [-0.4, -0.2) is 28.0 Å². The van der Waals surface area contributed by atoms with Crippen LogP contribution < -0.4 is 16.2 Å². The van der Waals surface area contributed by atoms with Crippen LogP contribution in [0.25, 0.3) is 10.2 Å². The van der Waals surface area contributed by atoms with E-state index in [0.29, 0.717) is 24.3 Å². The van der Waals surface area contributed by atoms with Crippen molar-refractivity contribution in [2.75, 3.05) is 0 Å². The van der Waals surface area contributed by atoms with Gasteiger partial charge in [0.2, 0.25) is 11.8 Å². The number of aryl methyl sites for hydroxylation is 1. The van der Waals surface area contributed by atoms with Gasteiger partial charge in [0.1, 0.15) is 17.3 Å². The van der Waals surface area contributed by atoms with Gasteiger partial charge in [-0.2, -0.15) is 0 Å². The second kappa shape index (κ2) is 6.88. The number of primary amides is 1. The Bertz CT molecular complexity index is 783. The molecule has 6 nitrogen and oxygen atoms in total. The van der Waals surface area contributed by atoms with E-state index in [2.05, 4.69) is 9.97 Å². The molecule has 0 aliphatic heterocycles. The van der Waals surface area contributed by atoms with Crippen LogP contribution >= 0.6 is 11.3 Å². The molecule has 4 N–H and O–H groups in total. The minimum Gasteiger partial charge on any atom is -0.474 e. The van der Waals surface area contributed by atoms with Crippen molar-refractivity contribution in [3.8, 4) is 5.88 Å². The molecule has 2 heterocycles. The lowest BCUT2D eigenvalue weighted by molar-refractivity contribution is -0.119. The van der Waals surface area contributed by atoms with Gasteiger partial charge in [-0.05, 0) is 56.4 Å². The van der Waals surface area contributed by atoms with Crippen molar-refractivity contribution in [2.24, 2.45) is 17.4 Å². The molecule has 0 spiro atoms. The first-order valence-corrected chi connectivity index (χ1v) is 9.87. The van der Waals surface area contributed by atoms with Crippen LogP contribution in [0.15, 0.2) is 6.33 Å². The molecule has 25 heavy (non-hydrogen) atoms. The number of nitrogens with two attached hydrogens (primary N) is 2. The van der Waals surface area contributed by atoms with Crippen molar-refractivity contribution < 1.29 is 9.53 Å². The third-order valence-corrected chi connectivity index (χ3v) is 6.60. The molecule has 7 heteroatoms. The zero-order valence-corrected chi connectivity index (χ0v) is 15.1. The zero-order valence-electron chi connectivity index (χ0n) is 14.2. The molecular weight excluding hydrogens is 336 g/mol. The Kier molecular flexibility index (Phi) is 4.60. The van der Waals surface area contributed by atoms with Crippen molar-refractivity contribution >= 4 is 27.5 Å². The lowest BCUT2D eigenvalue weighted by Crippen LogP contribution is -2.31. The number of carbonyl (C=O) groups excluding carboxylic acids is 1. The molecule has 0 aromatic carbocycles. The molecule has 0 unspecified atom stereocenters. The Balaban J connectivity index is 1.62.